The second-order valence-corrected chi connectivity index (χ2v) is 8.01. The molecule has 0 radical (unpaired) electrons. The van der Waals surface area contributed by atoms with E-state index in [-0.39, 0.29) is 23.9 Å². The molecule has 1 aromatic carbocycles. The van der Waals surface area contributed by atoms with Gasteiger partial charge in [0.2, 0.25) is 0 Å². The summed E-state index contributed by atoms with van der Waals surface area (Å²) in [5.41, 5.74) is 3.59. The Morgan fingerprint density at radius 1 is 1.19 bits per heavy atom. The zero-order valence-electron chi connectivity index (χ0n) is 17.4. The van der Waals surface area contributed by atoms with E-state index < -0.39 is 0 Å². The van der Waals surface area contributed by atoms with Crippen LogP contribution in [-0.4, -0.2) is 54.2 Å². The molecular formula is C23H25N5O3. The SMILES string of the molecule is Cc1ccc(C(=O)N2CCC(c3ccc(C#N)cn3)CC2)cc1NC(=O)NC1COC1. The lowest BCUT2D eigenvalue weighted by Gasteiger charge is -2.32. The van der Waals surface area contributed by atoms with Crippen molar-refractivity contribution in [2.75, 3.05) is 31.6 Å². The summed E-state index contributed by atoms with van der Waals surface area (Å²) in [6.45, 7) is 4.23. The predicted molar refractivity (Wildman–Crippen MR) is 115 cm³/mol. The minimum atomic E-state index is -0.295. The molecule has 2 aliphatic heterocycles. The minimum Gasteiger partial charge on any atom is -0.377 e. The average molecular weight is 419 g/mol. The number of piperidine rings is 1. The maximum Gasteiger partial charge on any atom is 0.319 e. The Balaban J connectivity index is 1.36. The number of amides is 3. The number of hydrogen-bond acceptors (Lipinski definition) is 5. The number of carbonyl (C=O) groups excluding carboxylic acids is 2. The van der Waals surface area contributed by atoms with Crippen molar-refractivity contribution in [3.8, 4) is 6.07 Å². The summed E-state index contributed by atoms with van der Waals surface area (Å²) in [5.74, 6) is 0.244. The van der Waals surface area contributed by atoms with E-state index in [0.717, 1.165) is 24.1 Å². The van der Waals surface area contributed by atoms with Crippen LogP contribution in [0.2, 0.25) is 0 Å². The van der Waals surface area contributed by atoms with Gasteiger partial charge in [0.15, 0.2) is 0 Å². The van der Waals surface area contributed by atoms with Gasteiger partial charge in [-0.25, -0.2) is 4.79 Å². The first kappa shape index (κ1) is 20.8. The molecule has 8 nitrogen and oxygen atoms in total. The molecule has 8 heteroatoms. The van der Waals surface area contributed by atoms with Gasteiger partial charge in [-0.2, -0.15) is 5.26 Å². The van der Waals surface area contributed by atoms with Crippen LogP contribution in [0.5, 0.6) is 0 Å². The molecule has 1 aromatic heterocycles. The molecule has 2 aliphatic rings. The number of carbonyl (C=O) groups is 2. The van der Waals surface area contributed by atoms with Gasteiger partial charge in [-0.3, -0.25) is 9.78 Å². The fraction of sp³-hybridized carbons (Fsp3) is 0.391. The van der Waals surface area contributed by atoms with Crippen LogP contribution >= 0.6 is 0 Å². The van der Waals surface area contributed by atoms with Crippen LogP contribution in [0, 0.1) is 18.3 Å². The monoisotopic (exact) mass is 419 g/mol. The van der Waals surface area contributed by atoms with E-state index in [1.165, 1.54) is 0 Å². The van der Waals surface area contributed by atoms with Crippen LogP contribution < -0.4 is 10.6 Å². The number of nitriles is 1. The van der Waals surface area contributed by atoms with Crippen LogP contribution in [0.4, 0.5) is 10.5 Å². The van der Waals surface area contributed by atoms with Gasteiger partial charge in [0.25, 0.3) is 5.91 Å². The summed E-state index contributed by atoms with van der Waals surface area (Å²) in [7, 11) is 0. The first-order chi connectivity index (χ1) is 15.0. The smallest absolute Gasteiger partial charge is 0.319 e. The molecule has 0 spiro atoms. The number of likely N-dealkylation sites (tertiary alicyclic amines) is 1. The molecule has 0 bridgehead atoms. The average Bonchev–Trinajstić information content (AvgIpc) is 2.77. The molecule has 2 aromatic rings. The van der Waals surface area contributed by atoms with Gasteiger partial charge in [-0.1, -0.05) is 6.07 Å². The standard InChI is InChI=1S/C23H25N5O3/c1-15-2-4-18(10-21(15)27-23(30)26-19-13-31-14-19)22(29)28-8-6-17(7-9-28)20-5-3-16(11-24)12-25-20/h2-5,10,12,17,19H,6-9,13-14H2,1H3,(H2,26,27,30). The van der Waals surface area contributed by atoms with E-state index in [1.807, 2.05) is 24.0 Å². The Kier molecular flexibility index (Phi) is 6.14. The fourth-order valence-corrected chi connectivity index (χ4v) is 3.83. The van der Waals surface area contributed by atoms with Crippen LogP contribution in [0.3, 0.4) is 0 Å². The Morgan fingerprint density at radius 2 is 1.97 bits per heavy atom. The van der Waals surface area contributed by atoms with E-state index in [2.05, 4.69) is 21.7 Å². The van der Waals surface area contributed by atoms with Crippen molar-refractivity contribution in [1.29, 1.82) is 5.26 Å². The van der Waals surface area contributed by atoms with Crippen molar-refractivity contribution >= 4 is 17.6 Å². The summed E-state index contributed by atoms with van der Waals surface area (Å²) in [4.78, 5) is 31.5. The second kappa shape index (κ2) is 9.14. The number of anilines is 1. The third-order valence-corrected chi connectivity index (χ3v) is 5.82. The van der Waals surface area contributed by atoms with Crippen molar-refractivity contribution in [1.82, 2.24) is 15.2 Å². The molecule has 3 amide bonds. The Morgan fingerprint density at radius 3 is 2.58 bits per heavy atom. The zero-order valence-corrected chi connectivity index (χ0v) is 17.4. The fourth-order valence-electron chi connectivity index (χ4n) is 3.83. The van der Waals surface area contributed by atoms with Crippen LogP contribution in [0.25, 0.3) is 0 Å². The third-order valence-electron chi connectivity index (χ3n) is 5.82. The van der Waals surface area contributed by atoms with E-state index in [4.69, 9.17) is 10.00 Å². The van der Waals surface area contributed by atoms with E-state index in [9.17, 15) is 9.59 Å². The number of nitrogens with one attached hydrogen (secondary N) is 2. The summed E-state index contributed by atoms with van der Waals surface area (Å²) in [5, 5.41) is 14.6. The highest BCUT2D eigenvalue weighted by Crippen LogP contribution is 2.28. The molecule has 0 saturated carbocycles. The molecule has 31 heavy (non-hydrogen) atoms. The van der Waals surface area contributed by atoms with Gasteiger partial charge in [-0.05, 0) is 49.6 Å². The lowest BCUT2D eigenvalue weighted by molar-refractivity contribution is 0.000734. The first-order valence-electron chi connectivity index (χ1n) is 10.4. The summed E-state index contributed by atoms with van der Waals surface area (Å²) < 4.78 is 5.06. The van der Waals surface area contributed by atoms with Crippen LogP contribution in [-0.2, 0) is 4.74 Å². The van der Waals surface area contributed by atoms with Crippen molar-refractivity contribution in [2.24, 2.45) is 0 Å². The third kappa shape index (κ3) is 4.84. The van der Waals surface area contributed by atoms with Crippen molar-refractivity contribution in [2.45, 2.75) is 31.7 Å². The molecule has 3 heterocycles. The van der Waals surface area contributed by atoms with Gasteiger partial charge >= 0.3 is 6.03 Å². The molecule has 2 fully saturated rings. The van der Waals surface area contributed by atoms with Crippen LogP contribution in [0.15, 0.2) is 36.5 Å². The van der Waals surface area contributed by atoms with Gasteiger partial charge < -0.3 is 20.3 Å². The van der Waals surface area contributed by atoms with Crippen LogP contribution in [0.1, 0.15) is 45.9 Å². The maximum atomic E-state index is 13.0. The zero-order chi connectivity index (χ0) is 21.8. The summed E-state index contributed by atoms with van der Waals surface area (Å²) in [6.07, 6.45) is 3.25. The Labute approximate surface area is 181 Å². The highest BCUT2D eigenvalue weighted by Gasteiger charge is 2.26. The molecule has 2 N–H and O–H groups in total. The van der Waals surface area contributed by atoms with Crippen molar-refractivity contribution in [3.05, 3.63) is 58.9 Å². The number of aryl methyl sites for hydroxylation is 1. The number of nitrogens with zero attached hydrogens (tertiary/aromatic N) is 3. The van der Waals surface area contributed by atoms with Crippen molar-refractivity contribution in [3.63, 3.8) is 0 Å². The number of hydrogen-bond donors (Lipinski definition) is 2. The number of urea groups is 1. The molecular weight excluding hydrogens is 394 g/mol. The number of aromatic nitrogens is 1. The Bertz CT molecular complexity index is 1000. The summed E-state index contributed by atoms with van der Waals surface area (Å²) >= 11 is 0. The largest absolute Gasteiger partial charge is 0.377 e. The van der Waals surface area contributed by atoms with E-state index >= 15 is 0 Å². The summed E-state index contributed by atoms with van der Waals surface area (Å²) in [6, 6.07) is 10.9. The second-order valence-electron chi connectivity index (χ2n) is 8.01. The van der Waals surface area contributed by atoms with Gasteiger partial charge in [0, 0.05) is 42.1 Å². The number of ether oxygens (including phenoxy) is 1. The van der Waals surface area contributed by atoms with E-state index in [0.29, 0.717) is 43.1 Å². The maximum absolute atomic E-state index is 13.0. The highest BCUT2D eigenvalue weighted by atomic mass is 16.5. The quantitative estimate of drug-likeness (QED) is 0.792. The number of pyridine rings is 1. The van der Waals surface area contributed by atoms with Gasteiger partial charge in [0.1, 0.15) is 6.07 Å². The Hall–Kier alpha value is -3.44. The topological polar surface area (TPSA) is 107 Å². The highest BCUT2D eigenvalue weighted by molar-refractivity contribution is 5.97. The molecule has 0 unspecified atom stereocenters. The first-order valence-corrected chi connectivity index (χ1v) is 10.4. The molecule has 0 atom stereocenters. The lowest BCUT2D eigenvalue weighted by Crippen LogP contribution is -2.50. The van der Waals surface area contributed by atoms with Gasteiger partial charge in [-0.15, -0.1) is 0 Å². The normalized spacial score (nSPS) is 16.8. The minimum absolute atomic E-state index is 0.0389. The number of rotatable bonds is 4. The van der Waals surface area contributed by atoms with Gasteiger partial charge in [0.05, 0.1) is 24.8 Å². The van der Waals surface area contributed by atoms with E-state index in [1.54, 1.807) is 24.4 Å². The number of benzene rings is 1. The predicted octanol–water partition coefficient (Wildman–Crippen LogP) is 2.80. The molecule has 160 valence electrons. The lowest BCUT2D eigenvalue weighted by atomic mass is 9.92. The van der Waals surface area contributed by atoms with Crippen molar-refractivity contribution < 1.29 is 14.3 Å². The molecule has 4 rings (SSSR count). The molecule has 2 saturated heterocycles. The molecule has 0 aliphatic carbocycles.